The molecule has 1 aliphatic carbocycles. The van der Waals surface area contributed by atoms with Gasteiger partial charge in [0.25, 0.3) is 5.91 Å². The summed E-state index contributed by atoms with van der Waals surface area (Å²) in [4.78, 5) is 23.7. The summed E-state index contributed by atoms with van der Waals surface area (Å²) in [5, 5.41) is 5.34. The molecule has 1 saturated carbocycles. The lowest BCUT2D eigenvalue weighted by Crippen LogP contribution is -2.25. The second-order valence-electron chi connectivity index (χ2n) is 5.82. The van der Waals surface area contributed by atoms with Gasteiger partial charge in [-0.15, -0.1) is 0 Å². The fourth-order valence-electron chi connectivity index (χ4n) is 2.17. The average Bonchev–Trinajstić information content (AvgIpc) is 3.41. The highest BCUT2D eigenvalue weighted by molar-refractivity contribution is 6.02. The molecule has 4 nitrogen and oxygen atoms in total. The van der Waals surface area contributed by atoms with Crippen LogP contribution in [0.5, 0.6) is 0 Å². The van der Waals surface area contributed by atoms with Crippen molar-refractivity contribution in [1.29, 1.82) is 0 Å². The standard InChI is InChI=1S/C19H16F2N2O2/c20-16-9-8-15(11-17(16)21)22-18(24)10-3-12-1-4-13(5-2-12)19(25)23-14-6-7-14/h1-5,8-11,14H,6-7H2,(H,22,24)(H,23,25)/b10-3+. The number of nitrogens with one attached hydrogen (secondary N) is 2. The van der Waals surface area contributed by atoms with Crippen LogP contribution in [0.1, 0.15) is 28.8 Å². The SMILES string of the molecule is O=C(/C=C/c1ccc(C(=O)NC2CC2)cc1)Nc1ccc(F)c(F)c1. The molecule has 6 heteroatoms. The quantitative estimate of drug-likeness (QED) is 0.817. The minimum atomic E-state index is -1.03. The molecule has 128 valence electrons. The van der Waals surface area contributed by atoms with Gasteiger partial charge in [-0.3, -0.25) is 9.59 Å². The maximum absolute atomic E-state index is 13.1. The molecule has 2 amide bonds. The van der Waals surface area contributed by atoms with Crippen molar-refractivity contribution in [1.82, 2.24) is 5.32 Å². The molecule has 1 aliphatic rings. The topological polar surface area (TPSA) is 58.2 Å². The van der Waals surface area contributed by atoms with Gasteiger partial charge in [-0.05, 0) is 48.7 Å². The summed E-state index contributed by atoms with van der Waals surface area (Å²) in [6.45, 7) is 0. The van der Waals surface area contributed by atoms with Crippen LogP contribution in [0.4, 0.5) is 14.5 Å². The third kappa shape index (κ3) is 4.73. The van der Waals surface area contributed by atoms with E-state index in [0.717, 1.165) is 30.5 Å². The zero-order valence-electron chi connectivity index (χ0n) is 13.3. The highest BCUT2D eigenvalue weighted by atomic mass is 19.2. The molecule has 2 aromatic rings. The van der Waals surface area contributed by atoms with Gasteiger partial charge in [-0.1, -0.05) is 12.1 Å². The van der Waals surface area contributed by atoms with E-state index in [1.165, 1.54) is 12.1 Å². The zero-order valence-corrected chi connectivity index (χ0v) is 13.3. The Morgan fingerprint density at radius 1 is 1.00 bits per heavy atom. The van der Waals surface area contributed by atoms with Crippen molar-refractivity contribution in [3.63, 3.8) is 0 Å². The first-order chi connectivity index (χ1) is 12.0. The van der Waals surface area contributed by atoms with Crippen molar-refractivity contribution < 1.29 is 18.4 Å². The second-order valence-corrected chi connectivity index (χ2v) is 5.82. The van der Waals surface area contributed by atoms with E-state index in [4.69, 9.17) is 0 Å². The number of carbonyl (C=O) groups is 2. The summed E-state index contributed by atoms with van der Waals surface area (Å²) >= 11 is 0. The molecule has 2 N–H and O–H groups in total. The number of hydrogen-bond donors (Lipinski definition) is 2. The Morgan fingerprint density at radius 2 is 1.72 bits per heavy atom. The monoisotopic (exact) mass is 342 g/mol. The predicted molar refractivity (Wildman–Crippen MR) is 91.0 cm³/mol. The van der Waals surface area contributed by atoms with E-state index < -0.39 is 17.5 Å². The minimum absolute atomic E-state index is 0.103. The molecule has 0 saturated heterocycles. The van der Waals surface area contributed by atoms with Gasteiger partial charge < -0.3 is 10.6 Å². The average molecular weight is 342 g/mol. The Balaban J connectivity index is 1.57. The lowest BCUT2D eigenvalue weighted by molar-refractivity contribution is -0.111. The third-order valence-corrected chi connectivity index (χ3v) is 3.70. The van der Waals surface area contributed by atoms with E-state index in [1.54, 1.807) is 30.3 Å². The Kier molecular flexibility index (Phi) is 4.88. The number of hydrogen-bond acceptors (Lipinski definition) is 2. The summed E-state index contributed by atoms with van der Waals surface area (Å²) in [6.07, 6.45) is 4.90. The summed E-state index contributed by atoms with van der Waals surface area (Å²) in [6, 6.07) is 10.3. The Bertz CT molecular complexity index is 828. The first-order valence-corrected chi connectivity index (χ1v) is 7.86. The van der Waals surface area contributed by atoms with Crippen LogP contribution in [-0.4, -0.2) is 17.9 Å². The molecule has 3 rings (SSSR count). The number of carbonyl (C=O) groups excluding carboxylic acids is 2. The molecule has 2 aromatic carbocycles. The van der Waals surface area contributed by atoms with Crippen LogP contribution in [-0.2, 0) is 4.79 Å². The van der Waals surface area contributed by atoms with E-state index in [-0.39, 0.29) is 11.6 Å². The smallest absolute Gasteiger partial charge is 0.251 e. The largest absolute Gasteiger partial charge is 0.349 e. The molecule has 0 radical (unpaired) electrons. The third-order valence-electron chi connectivity index (χ3n) is 3.70. The Morgan fingerprint density at radius 3 is 2.36 bits per heavy atom. The Labute approximate surface area is 143 Å². The van der Waals surface area contributed by atoms with Gasteiger partial charge >= 0.3 is 0 Å². The van der Waals surface area contributed by atoms with Gasteiger partial charge in [0.15, 0.2) is 11.6 Å². The molecule has 25 heavy (non-hydrogen) atoms. The van der Waals surface area contributed by atoms with Crippen molar-refractivity contribution in [2.45, 2.75) is 18.9 Å². The molecular weight excluding hydrogens is 326 g/mol. The van der Waals surface area contributed by atoms with Gasteiger partial charge in [-0.25, -0.2) is 8.78 Å². The van der Waals surface area contributed by atoms with Crippen LogP contribution < -0.4 is 10.6 Å². The molecule has 0 bridgehead atoms. The zero-order chi connectivity index (χ0) is 17.8. The van der Waals surface area contributed by atoms with Gasteiger partial charge in [0.1, 0.15) is 0 Å². The number of amides is 2. The minimum Gasteiger partial charge on any atom is -0.349 e. The predicted octanol–water partition coefficient (Wildman–Crippen LogP) is 3.51. The van der Waals surface area contributed by atoms with E-state index >= 15 is 0 Å². The lowest BCUT2D eigenvalue weighted by atomic mass is 10.1. The molecule has 0 aromatic heterocycles. The lowest BCUT2D eigenvalue weighted by Gasteiger charge is -2.04. The number of halogens is 2. The van der Waals surface area contributed by atoms with Gasteiger partial charge in [-0.2, -0.15) is 0 Å². The van der Waals surface area contributed by atoms with Crippen LogP contribution >= 0.6 is 0 Å². The molecule has 0 unspecified atom stereocenters. The fourth-order valence-corrected chi connectivity index (χ4v) is 2.17. The fraction of sp³-hybridized carbons (Fsp3) is 0.158. The van der Waals surface area contributed by atoms with E-state index in [0.29, 0.717) is 11.6 Å². The molecule has 0 atom stereocenters. The summed E-state index contributed by atoms with van der Waals surface area (Å²) in [5.74, 6) is -2.57. The van der Waals surface area contributed by atoms with Gasteiger partial charge in [0.2, 0.25) is 5.91 Å². The summed E-state index contributed by atoms with van der Waals surface area (Å²) in [7, 11) is 0. The van der Waals surface area contributed by atoms with E-state index in [1.807, 2.05) is 0 Å². The van der Waals surface area contributed by atoms with Crippen LogP contribution in [0, 0.1) is 11.6 Å². The summed E-state index contributed by atoms with van der Waals surface area (Å²) < 4.78 is 25.9. The van der Waals surface area contributed by atoms with Crippen molar-refractivity contribution >= 4 is 23.6 Å². The van der Waals surface area contributed by atoms with E-state index in [9.17, 15) is 18.4 Å². The maximum Gasteiger partial charge on any atom is 0.251 e. The molecule has 0 heterocycles. The van der Waals surface area contributed by atoms with Crippen molar-refractivity contribution in [3.05, 3.63) is 71.3 Å². The Hall–Kier alpha value is -3.02. The van der Waals surface area contributed by atoms with Crippen molar-refractivity contribution in [2.24, 2.45) is 0 Å². The highest BCUT2D eigenvalue weighted by Crippen LogP contribution is 2.19. The van der Waals surface area contributed by atoms with Gasteiger partial charge in [0, 0.05) is 29.4 Å². The van der Waals surface area contributed by atoms with Crippen LogP contribution in [0.2, 0.25) is 0 Å². The number of rotatable bonds is 5. The summed E-state index contributed by atoms with van der Waals surface area (Å²) in [5.41, 5.74) is 1.47. The van der Waals surface area contributed by atoms with Crippen LogP contribution in [0.3, 0.4) is 0 Å². The maximum atomic E-state index is 13.1. The molecule has 0 spiro atoms. The van der Waals surface area contributed by atoms with Gasteiger partial charge in [0.05, 0.1) is 0 Å². The van der Waals surface area contributed by atoms with Crippen molar-refractivity contribution in [2.75, 3.05) is 5.32 Å². The first-order valence-electron chi connectivity index (χ1n) is 7.86. The van der Waals surface area contributed by atoms with Crippen LogP contribution in [0.25, 0.3) is 6.08 Å². The van der Waals surface area contributed by atoms with Crippen molar-refractivity contribution in [3.8, 4) is 0 Å². The molecule has 1 fully saturated rings. The first kappa shape index (κ1) is 16.8. The van der Waals surface area contributed by atoms with E-state index in [2.05, 4.69) is 10.6 Å². The number of anilines is 1. The number of benzene rings is 2. The second kappa shape index (κ2) is 7.25. The molecule has 0 aliphatic heterocycles. The molecular formula is C19H16F2N2O2. The van der Waals surface area contributed by atoms with Crippen LogP contribution in [0.15, 0.2) is 48.5 Å². The highest BCUT2D eigenvalue weighted by Gasteiger charge is 2.23. The normalized spacial score (nSPS) is 13.7.